The average Bonchev–Trinajstić information content (AvgIpc) is 3.34. The van der Waals surface area contributed by atoms with Crippen molar-refractivity contribution in [1.29, 1.82) is 0 Å². The number of rotatable bonds is 3. The topological polar surface area (TPSA) is 159 Å². The maximum absolute atomic E-state index is 13.8. The fourth-order valence-electron chi connectivity index (χ4n) is 4.30. The minimum Gasteiger partial charge on any atom is -0.383 e. The predicted molar refractivity (Wildman–Crippen MR) is 147 cm³/mol. The molecule has 4 rings (SSSR count). The standard InChI is InChI=1S/C28H33N7O5/c1-17(2)24-27(38)32-13-14-35(28(39)23-18(3)40-34-25(23)19-7-5-4-6-8-19)16-22(36)31-12-11-29-20-9-10-30-21(15-20)26(37)33-24/h4-10,15,17,24,29H,11-14,16H2,1-3H3,(H,31,36)(H,32,38)(H,33,37)/t24-/m0/s1. The molecule has 1 aromatic carbocycles. The van der Waals surface area contributed by atoms with Gasteiger partial charge in [-0.15, -0.1) is 0 Å². The predicted octanol–water partition coefficient (Wildman–Crippen LogP) is 1.60. The molecule has 3 heterocycles. The van der Waals surface area contributed by atoms with E-state index in [1.165, 1.54) is 11.1 Å². The minimum atomic E-state index is -0.834. The van der Waals surface area contributed by atoms with Gasteiger partial charge in [0.15, 0.2) is 0 Å². The van der Waals surface area contributed by atoms with Gasteiger partial charge in [0.05, 0.1) is 6.54 Å². The van der Waals surface area contributed by atoms with Crippen molar-refractivity contribution >= 4 is 29.3 Å². The monoisotopic (exact) mass is 547 g/mol. The molecule has 1 atom stereocenters. The zero-order valence-electron chi connectivity index (χ0n) is 22.7. The fraction of sp³-hybridized carbons (Fsp3) is 0.357. The SMILES string of the molecule is Cc1onc(-c2ccccc2)c1C(=O)N1CCNC(=O)[C@H](C(C)C)NC(=O)c2cc(ccn2)NCCNC(=O)C1. The van der Waals surface area contributed by atoms with Crippen LogP contribution >= 0.6 is 0 Å². The molecule has 40 heavy (non-hydrogen) atoms. The molecule has 3 aromatic rings. The molecular weight excluding hydrogens is 514 g/mol. The summed E-state index contributed by atoms with van der Waals surface area (Å²) in [7, 11) is 0. The Morgan fingerprint density at radius 3 is 2.52 bits per heavy atom. The number of aryl methyl sites for hydroxylation is 1. The van der Waals surface area contributed by atoms with Gasteiger partial charge in [-0.25, -0.2) is 0 Å². The van der Waals surface area contributed by atoms with E-state index in [2.05, 4.69) is 31.4 Å². The lowest BCUT2D eigenvalue weighted by Crippen LogP contribution is -2.51. The Kier molecular flexibility index (Phi) is 9.10. The van der Waals surface area contributed by atoms with Crippen LogP contribution in [-0.2, 0) is 9.59 Å². The molecule has 2 bridgehead atoms. The van der Waals surface area contributed by atoms with Crippen molar-refractivity contribution in [1.82, 2.24) is 31.0 Å². The number of nitrogens with one attached hydrogen (secondary N) is 4. The highest BCUT2D eigenvalue weighted by molar-refractivity contribution is 6.02. The van der Waals surface area contributed by atoms with Crippen LogP contribution in [0.4, 0.5) is 5.69 Å². The molecular formula is C28H33N7O5. The zero-order valence-corrected chi connectivity index (χ0v) is 22.7. The van der Waals surface area contributed by atoms with Crippen LogP contribution in [0, 0.1) is 12.8 Å². The number of carbonyl (C=O) groups is 4. The summed E-state index contributed by atoms with van der Waals surface area (Å²) in [5.74, 6) is -1.61. The van der Waals surface area contributed by atoms with Crippen molar-refractivity contribution in [3.63, 3.8) is 0 Å². The van der Waals surface area contributed by atoms with E-state index < -0.39 is 23.8 Å². The van der Waals surface area contributed by atoms with Gasteiger partial charge in [0.1, 0.15) is 28.8 Å². The van der Waals surface area contributed by atoms with Crippen LogP contribution in [0.5, 0.6) is 0 Å². The Labute approximate surface area is 231 Å². The molecule has 0 radical (unpaired) electrons. The number of benzene rings is 1. The number of hydrogen-bond acceptors (Lipinski definition) is 8. The smallest absolute Gasteiger partial charge is 0.270 e. The summed E-state index contributed by atoms with van der Waals surface area (Å²) >= 11 is 0. The van der Waals surface area contributed by atoms with Gasteiger partial charge in [-0.05, 0) is 25.0 Å². The van der Waals surface area contributed by atoms with Crippen molar-refractivity contribution in [3.05, 3.63) is 65.7 Å². The molecule has 210 valence electrons. The molecule has 0 spiro atoms. The zero-order chi connectivity index (χ0) is 28.6. The molecule has 1 aliphatic heterocycles. The van der Waals surface area contributed by atoms with Crippen molar-refractivity contribution in [2.45, 2.75) is 26.8 Å². The van der Waals surface area contributed by atoms with E-state index in [1.807, 2.05) is 44.2 Å². The second-order valence-electron chi connectivity index (χ2n) is 9.75. The normalized spacial score (nSPS) is 17.4. The van der Waals surface area contributed by atoms with E-state index in [1.54, 1.807) is 19.1 Å². The van der Waals surface area contributed by atoms with E-state index >= 15 is 0 Å². The molecule has 4 N–H and O–H groups in total. The number of nitrogens with zero attached hydrogens (tertiary/aromatic N) is 3. The summed E-state index contributed by atoms with van der Waals surface area (Å²) in [4.78, 5) is 58.0. The van der Waals surface area contributed by atoms with Crippen LogP contribution in [0.3, 0.4) is 0 Å². The summed E-state index contributed by atoms with van der Waals surface area (Å²) in [6.45, 7) is 5.78. The number of fused-ring (bicyclic) bond motifs is 2. The third kappa shape index (κ3) is 6.82. The van der Waals surface area contributed by atoms with Gasteiger partial charge in [0.2, 0.25) is 11.8 Å². The largest absolute Gasteiger partial charge is 0.383 e. The van der Waals surface area contributed by atoms with Crippen LogP contribution in [0.1, 0.15) is 40.5 Å². The summed E-state index contributed by atoms with van der Waals surface area (Å²) < 4.78 is 5.36. The number of amides is 4. The van der Waals surface area contributed by atoms with E-state index in [0.29, 0.717) is 29.2 Å². The maximum atomic E-state index is 13.8. The molecule has 12 heteroatoms. The molecule has 0 saturated heterocycles. The summed E-state index contributed by atoms with van der Waals surface area (Å²) in [5, 5.41) is 15.6. The van der Waals surface area contributed by atoms with Gasteiger partial charge in [-0.2, -0.15) is 0 Å². The molecule has 2 aromatic heterocycles. The van der Waals surface area contributed by atoms with Crippen molar-refractivity contribution in [2.24, 2.45) is 5.92 Å². The van der Waals surface area contributed by atoms with Gasteiger partial charge in [0.25, 0.3) is 11.8 Å². The molecule has 1 aliphatic rings. The number of anilines is 1. The summed E-state index contributed by atoms with van der Waals surface area (Å²) in [5.41, 5.74) is 2.12. The first-order chi connectivity index (χ1) is 19.2. The van der Waals surface area contributed by atoms with Crippen LogP contribution in [0.15, 0.2) is 53.2 Å². The van der Waals surface area contributed by atoms with Crippen LogP contribution < -0.4 is 21.3 Å². The third-order valence-electron chi connectivity index (χ3n) is 6.43. The molecule has 12 nitrogen and oxygen atoms in total. The van der Waals surface area contributed by atoms with Crippen LogP contribution in [0.25, 0.3) is 11.3 Å². The lowest BCUT2D eigenvalue weighted by Gasteiger charge is -2.24. The van der Waals surface area contributed by atoms with Gasteiger partial charge in [-0.3, -0.25) is 24.2 Å². The van der Waals surface area contributed by atoms with Gasteiger partial charge in [-0.1, -0.05) is 49.3 Å². The third-order valence-corrected chi connectivity index (χ3v) is 6.43. The fourth-order valence-corrected chi connectivity index (χ4v) is 4.30. The number of aromatic nitrogens is 2. The molecule has 0 unspecified atom stereocenters. The van der Waals surface area contributed by atoms with Crippen molar-refractivity contribution in [3.8, 4) is 11.3 Å². The first kappa shape index (κ1) is 28.3. The Bertz CT molecular complexity index is 1370. The second kappa shape index (κ2) is 12.9. The lowest BCUT2D eigenvalue weighted by atomic mass is 10.0. The van der Waals surface area contributed by atoms with Crippen molar-refractivity contribution in [2.75, 3.05) is 38.0 Å². The Hall–Kier alpha value is -4.74. The van der Waals surface area contributed by atoms with E-state index in [0.717, 1.165) is 0 Å². The Morgan fingerprint density at radius 2 is 1.77 bits per heavy atom. The second-order valence-corrected chi connectivity index (χ2v) is 9.75. The van der Waals surface area contributed by atoms with E-state index in [9.17, 15) is 19.2 Å². The van der Waals surface area contributed by atoms with Crippen molar-refractivity contribution < 1.29 is 23.7 Å². The highest BCUT2D eigenvalue weighted by Crippen LogP contribution is 2.26. The average molecular weight is 548 g/mol. The number of hydrogen-bond donors (Lipinski definition) is 4. The number of pyridine rings is 1. The molecule has 0 saturated carbocycles. The number of carbonyl (C=O) groups excluding carboxylic acids is 4. The Balaban J connectivity index is 1.58. The highest BCUT2D eigenvalue weighted by atomic mass is 16.5. The quantitative estimate of drug-likeness (QED) is 0.385. The van der Waals surface area contributed by atoms with Gasteiger partial charge < -0.3 is 30.7 Å². The highest BCUT2D eigenvalue weighted by Gasteiger charge is 2.29. The molecule has 0 fully saturated rings. The van der Waals surface area contributed by atoms with E-state index in [-0.39, 0.29) is 49.3 Å². The summed E-state index contributed by atoms with van der Waals surface area (Å²) in [6.07, 6.45) is 1.49. The van der Waals surface area contributed by atoms with Crippen LogP contribution in [-0.4, -0.2) is 77.4 Å². The first-order valence-corrected chi connectivity index (χ1v) is 13.1. The van der Waals surface area contributed by atoms with Gasteiger partial charge in [0, 0.05) is 43.6 Å². The maximum Gasteiger partial charge on any atom is 0.270 e. The van der Waals surface area contributed by atoms with E-state index in [4.69, 9.17) is 4.52 Å². The van der Waals surface area contributed by atoms with Crippen LogP contribution in [0.2, 0.25) is 0 Å². The Morgan fingerprint density at radius 1 is 1.02 bits per heavy atom. The first-order valence-electron chi connectivity index (χ1n) is 13.1. The molecule has 0 aliphatic carbocycles. The minimum absolute atomic E-state index is 0.0379. The van der Waals surface area contributed by atoms with Gasteiger partial charge >= 0.3 is 0 Å². The summed E-state index contributed by atoms with van der Waals surface area (Å²) in [6, 6.07) is 11.6. The lowest BCUT2D eigenvalue weighted by molar-refractivity contribution is -0.124. The molecule has 4 amide bonds.